The molecular formula is C12H26OSi. The molecule has 0 amide bonds. The molecule has 2 heteroatoms. The van der Waals surface area contributed by atoms with Gasteiger partial charge in [0.1, 0.15) is 0 Å². The summed E-state index contributed by atoms with van der Waals surface area (Å²) >= 11 is 0. The first kappa shape index (κ1) is 13.9. The van der Waals surface area contributed by atoms with Crippen molar-refractivity contribution in [3.05, 3.63) is 12.2 Å². The lowest BCUT2D eigenvalue weighted by atomic mass is 10.4. The zero-order chi connectivity index (χ0) is 11.0. The van der Waals surface area contributed by atoms with Crippen LogP contribution in [0.5, 0.6) is 0 Å². The Hall–Kier alpha value is -0.0831. The molecule has 0 unspecified atom stereocenters. The van der Waals surface area contributed by atoms with Gasteiger partial charge in [0.2, 0.25) is 0 Å². The molecule has 0 fully saturated rings. The predicted molar refractivity (Wildman–Crippen MR) is 67.6 cm³/mol. The van der Waals surface area contributed by atoms with E-state index in [4.69, 9.17) is 4.74 Å². The van der Waals surface area contributed by atoms with E-state index in [-0.39, 0.29) is 0 Å². The molecule has 1 nitrogen and oxygen atoms in total. The lowest BCUT2D eigenvalue weighted by Gasteiger charge is -2.23. The van der Waals surface area contributed by atoms with Crippen LogP contribution in [0, 0.1) is 0 Å². The summed E-state index contributed by atoms with van der Waals surface area (Å²) in [5.74, 6) is 0. The van der Waals surface area contributed by atoms with Crippen molar-refractivity contribution in [2.24, 2.45) is 0 Å². The summed E-state index contributed by atoms with van der Waals surface area (Å²) in [6.45, 7) is 14.7. The molecule has 0 saturated carbocycles. The average molecular weight is 214 g/mol. The fraction of sp³-hybridized carbons (Fsp3) is 0.833. The van der Waals surface area contributed by atoms with Crippen molar-refractivity contribution < 1.29 is 4.74 Å². The quantitative estimate of drug-likeness (QED) is 0.336. The van der Waals surface area contributed by atoms with Crippen molar-refractivity contribution in [2.75, 3.05) is 13.2 Å². The fourth-order valence-corrected chi connectivity index (χ4v) is 3.66. The van der Waals surface area contributed by atoms with Gasteiger partial charge in [-0.15, -0.1) is 0 Å². The zero-order valence-electron chi connectivity index (χ0n) is 10.4. The molecular weight excluding hydrogens is 188 g/mol. The second-order valence-corrected chi connectivity index (χ2v) is 10.2. The smallest absolute Gasteiger partial charge is 0.0671 e. The molecule has 0 aliphatic carbocycles. The van der Waals surface area contributed by atoms with E-state index < -0.39 is 8.07 Å². The third kappa shape index (κ3) is 6.38. The van der Waals surface area contributed by atoms with Gasteiger partial charge in [0, 0.05) is 14.7 Å². The van der Waals surface area contributed by atoms with Crippen LogP contribution in [0.3, 0.4) is 0 Å². The minimum atomic E-state index is -0.877. The Morgan fingerprint density at radius 1 is 1.29 bits per heavy atom. The average Bonchev–Trinajstić information content (AvgIpc) is 2.16. The van der Waals surface area contributed by atoms with Crippen LogP contribution in [0.25, 0.3) is 0 Å². The van der Waals surface area contributed by atoms with E-state index in [2.05, 4.69) is 27.0 Å². The molecule has 0 aromatic carbocycles. The summed E-state index contributed by atoms with van der Waals surface area (Å²) in [4.78, 5) is 0. The van der Waals surface area contributed by atoms with Crippen LogP contribution in [-0.2, 0) is 4.74 Å². The van der Waals surface area contributed by atoms with Crippen LogP contribution in [0.1, 0.15) is 27.2 Å². The Morgan fingerprint density at radius 3 is 2.29 bits per heavy atom. The lowest BCUT2D eigenvalue weighted by Crippen LogP contribution is -2.27. The number of rotatable bonds is 8. The Labute approximate surface area is 90.6 Å². The van der Waals surface area contributed by atoms with Gasteiger partial charge >= 0.3 is 0 Å². The van der Waals surface area contributed by atoms with Gasteiger partial charge < -0.3 is 4.74 Å². The molecule has 0 atom stereocenters. The highest BCUT2D eigenvalue weighted by molar-refractivity contribution is 6.78. The van der Waals surface area contributed by atoms with Gasteiger partial charge in [-0.3, -0.25) is 0 Å². The van der Waals surface area contributed by atoms with Crippen molar-refractivity contribution in [3.63, 3.8) is 0 Å². The first-order valence-corrected chi connectivity index (χ1v) is 8.88. The molecule has 0 aliphatic heterocycles. The largest absolute Gasteiger partial charge is 0.377 e. The standard InChI is InChI=1S/C12H26OSi/c1-6-14(5,7-2)10-8-9-13-11-12(3)4/h3,6-11H2,1-2,4-5H3. The highest BCUT2D eigenvalue weighted by Gasteiger charge is 2.21. The van der Waals surface area contributed by atoms with Crippen molar-refractivity contribution in [2.45, 2.75) is 51.9 Å². The molecule has 0 N–H and O–H groups in total. The van der Waals surface area contributed by atoms with Crippen molar-refractivity contribution in [3.8, 4) is 0 Å². The van der Waals surface area contributed by atoms with E-state index in [1.807, 2.05) is 6.92 Å². The summed E-state index contributed by atoms with van der Waals surface area (Å²) < 4.78 is 5.50. The summed E-state index contributed by atoms with van der Waals surface area (Å²) in [7, 11) is -0.877. The highest BCUT2D eigenvalue weighted by atomic mass is 28.3. The molecule has 14 heavy (non-hydrogen) atoms. The van der Waals surface area contributed by atoms with Crippen LogP contribution in [0.2, 0.25) is 24.7 Å². The molecule has 0 spiro atoms. The SMILES string of the molecule is C=C(C)COCCC[Si](C)(CC)CC. The Morgan fingerprint density at radius 2 is 1.86 bits per heavy atom. The van der Waals surface area contributed by atoms with Crippen molar-refractivity contribution in [1.82, 2.24) is 0 Å². The first-order valence-electron chi connectivity index (χ1n) is 5.76. The van der Waals surface area contributed by atoms with E-state index in [1.54, 1.807) is 0 Å². The van der Waals surface area contributed by atoms with Gasteiger partial charge in [-0.05, 0) is 13.3 Å². The van der Waals surface area contributed by atoms with Crippen LogP contribution in [0.4, 0.5) is 0 Å². The maximum atomic E-state index is 5.50. The summed E-state index contributed by atoms with van der Waals surface area (Å²) in [5.41, 5.74) is 1.12. The summed E-state index contributed by atoms with van der Waals surface area (Å²) in [6.07, 6.45) is 1.23. The van der Waals surface area contributed by atoms with Crippen LogP contribution >= 0.6 is 0 Å². The molecule has 84 valence electrons. The van der Waals surface area contributed by atoms with Crippen LogP contribution in [-0.4, -0.2) is 21.3 Å². The molecule has 0 radical (unpaired) electrons. The van der Waals surface area contributed by atoms with Gasteiger partial charge in [0.25, 0.3) is 0 Å². The van der Waals surface area contributed by atoms with Gasteiger partial charge in [0.05, 0.1) is 6.61 Å². The Bertz CT molecular complexity index is 162. The molecule has 0 heterocycles. The highest BCUT2D eigenvalue weighted by Crippen LogP contribution is 2.21. The third-order valence-corrected chi connectivity index (χ3v) is 8.10. The molecule has 0 saturated heterocycles. The molecule has 0 aromatic rings. The second-order valence-electron chi connectivity index (χ2n) is 4.63. The van der Waals surface area contributed by atoms with Gasteiger partial charge in [-0.2, -0.15) is 0 Å². The topological polar surface area (TPSA) is 9.23 Å². The van der Waals surface area contributed by atoms with E-state index in [1.165, 1.54) is 24.6 Å². The fourth-order valence-electron chi connectivity index (χ4n) is 1.45. The number of hydrogen-bond donors (Lipinski definition) is 0. The number of hydrogen-bond acceptors (Lipinski definition) is 1. The van der Waals surface area contributed by atoms with Crippen molar-refractivity contribution >= 4 is 8.07 Å². The number of ether oxygens (including phenoxy) is 1. The van der Waals surface area contributed by atoms with Crippen molar-refractivity contribution in [1.29, 1.82) is 0 Å². The monoisotopic (exact) mass is 214 g/mol. The predicted octanol–water partition coefficient (Wildman–Crippen LogP) is 4.09. The summed E-state index contributed by atoms with van der Waals surface area (Å²) in [6, 6.07) is 4.23. The van der Waals surface area contributed by atoms with Gasteiger partial charge in [0.15, 0.2) is 0 Å². The van der Waals surface area contributed by atoms with E-state index >= 15 is 0 Å². The Balaban J connectivity index is 3.47. The molecule has 0 rings (SSSR count). The minimum Gasteiger partial charge on any atom is -0.377 e. The molecule has 0 aliphatic rings. The lowest BCUT2D eigenvalue weighted by molar-refractivity contribution is 0.157. The van der Waals surface area contributed by atoms with E-state index in [0.29, 0.717) is 0 Å². The Kier molecular flexibility index (Phi) is 7.20. The normalized spacial score (nSPS) is 11.7. The zero-order valence-corrected chi connectivity index (χ0v) is 11.4. The summed E-state index contributed by atoms with van der Waals surface area (Å²) in [5, 5.41) is 0. The van der Waals surface area contributed by atoms with Gasteiger partial charge in [-0.1, -0.05) is 50.7 Å². The molecule has 0 aromatic heterocycles. The second kappa shape index (κ2) is 7.24. The molecule has 0 bridgehead atoms. The van der Waals surface area contributed by atoms with Crippen LogP contribution in [0.15, 0.2) is 12.2 Å². The minimum absolute atomic E-state index is 0.733. The van der Waals surface area contributed by atoms with E-state index in [0.717, 1.165) is 18.8 Å². The first-order chi connectivity index (χ1) is 6.54. The maximum absolute atomic E-state index is 5.50. The maximum Gasteiger partial charge on any atom is 0.0671 e. The third-order valence-electron chi connectivity index (χ3n) is 3.12. The van der Waals surface area contributed by atoms with E-state index in [9.17, 15) is 0 Å². The van der Waals surface area contributed by atoms with Crippen LogP contribution < -0.4 is 0 Å². The van der Waals surface area contributed by atoms with Gasteiger partial charge in [-0.25, -0.2) is 0 Å².